The Bertz CT molecular complexity index is 323. The Labute approximate surface area is 91.9 Å². The molecule has 1 aromatic carbocycles. The van der Waals surface area contributed by atoms with E-state index < -0.39 is 9.84 Å². The summed E-state index contributed by atoms with van der Waals surface area (Å²) >= 11 is 0. The van der Waals surface area contributed by atoms with E-state index in [1.807, 2.05) is 36.4 Å². The third kappa shape index (κ3) is 8.97. The minimum absolute atomic E-state index is 0.0407. The number of benzene rings is 1. The number of rotatable bonds is 4. The molecule has 2 nitrogen and oxygen atoms in total. The van der Waals surface area contributed by atoms with Gasteiger partial charge in [0.05, 0.1) is 11.5 Å². The lowest BCUT2D eigenvalue weighted by molar-refractivity contribution is 0.602. The maximum Gasteiger partial charge on any atom is 0.157 e. The summed E-state index contributed by atoms with van der Waals surface area (Å²) in [5, 5.41) is 0. The highest BCUT2D eigenvalue weighted by molar-refractivity contribution is 7.91. The minimum atomic E-state index is -2.92. The van der Waals surface area contributed by atoms with Gasteiger partial charge in [-0.05, 0) is 0 Å². The fourth-order valence-corrected chi connectivity index (χ4v) is 1.67. The molecule has 0 spiro atoms. The molecular formula is C12H16O2S. The van der Waals surface area contributed by atoms with Gasteiger partial charge in [-0.15, -0.1) is 13.2 Å². The Hall–Kier alpha value is -1.35. The van der Waals surface area contributed by atoms with Crippen LogP contribution in [-0.4, -0.2) is 19.9 Å². The van der Waals surface area contributed by atoms with E-state index in [4.69, 9.17) is 0 Å². The van der Waals surface area contributed by atoms with Crippen molar-refractivity contribution in [3.8, 4) is 0 Å². The monoisotopic (exact) mass is 224 g/mol. The van der Waals surface area contributed by atoms with Crippen LogP contribution in [0.1, 0.15) is 0 Å². The van der Waals surface area contributed by atoms with Gasteiger partial charge in [-0.2, -0.15) is 0 Å². The highest BCUT2D eigenvalue weighted by Gasteiger charge is 2.02. The Balaban J connectivity index is 0.000000280. The van der Waals surface area contributed by atoms with Gasteiger partial charge in [0.1, 0.15) is 0 Å². The standard InChI is InChI=1S/C6H10O2S.C6H6/c1-3-5-9(7,8)6-4-2;1-2-4-6-5-3-1/h3-4H,1-2,5-6H2;1-6H. The molecule has 0 aliphatic rings. The summed E-state index contributed by atoms with van der Waals surface area (Å²) in [6.07, 6.45) is 2.75. The Morgan fingerprint density at radius 2 is 1.07 bits per heavy atom. The lowest BCUT2D eigenvalue weighted by Crippen LogP contribution is -2.06. The number of hydrogen-bond acceptors (Lipinski definition) is 2. The van der Waals surface area contributed by atoms with Gasteiger partial charge in [-0.1, -0.05) is 48.6 Å². The molecule has 3 heteroatoms. The molecule has 0 bridgehead atoms. The third-order valence-electron chi connectivity index (χ3n) is 1.41. The predicted octanol–water partition coefficient (Wildman–Crippen LogP) is 2.46. The van der Waals surface area contributed by atoms with Crippen molar-refractivity contribution >= 4 is 9.84 Å². The van der Waals surface area contributed by atoms with Gasteiger partial charge in [-0.3, -0.25) is 0 Å². The van der Waals surface area contributed by atoms with Crippen LogP contribution in [0.2, 0.25) is 0 Å². The van der Waals surface area contributed by atoms with Crippen molar-refractivity contribution in [1.29, 1.82) is 0 Å². The predicted molar refractivity (Wildman–Crippen MR) is 65.5 cm³/mol. The van der Waals surface area contributed by atoms with Crippen LogP contribution >= 0.6 is 0 Å². The van der Waals surface area contributed by atoms with Crippen LogP contribution in [0.3, 0.4) is 0 Å². The summed E-state index contributed by atoms with van der Waals surface area (Å²) in [4.78, 5) is 0. The molecule has 0 saturated heterocycles. The normalized spacial score (nSPS) is 9.60. The maximum absolute atomic E-state index is 10.7. The third-order valence-corrected chi connectivity index (χ3v) is 2.90. The van der Waals surface area contributed by atoms with E-state index in [0.29, 0.717) is 0 Å². The molecule has 0 N–H and O–H groups in total. The Morgan fingerprint density at radius 3 is 1.27 bits per heavy atom. The average Bonchev–Trinajstić information content (AvgIpc) is 2.21. The van der Waals surface area contributed by atoms with E-state index in [-0.39, 0.29) is 11.5 Å². The van der Waals surface area contributed by atoms with E-state index in [9.17, 15) is 8.42 Å². The van der Waals surface area contributed by atoms with Crippen molar-refractivity contribution in [3.63, 3.8) is 0 Å². The van der Waals surface area contributed by atoms with Crippen molar-refractivity contribution in [2.24, 2.45) is 0 Å². The number of hydrogen-bond donors (Lipinski definition) is 0. The summed E-state index contributed by atoms with van der Waals surface area (Å²) in [7, 11) is -2.92. The van der Waals surface area contributed by atoms with E-state index in [2.05, 4.69) is 13.2 Å². The van der Waals surface area contributed by atoms with Crippen LogP contribution in [0, 0.1) is 0 Å². The van der Waals surface area contributed by atoms with E-state index >= 15 is 0 Å². The van der Waals surface area contributed by atoms with Gasteiger partial charge >= 0.3 is 0 Å². The molecule has 0 aromatic heterocycles. The second-order valence-corrected chi connectivity index (χ2v) is 4.96. The molecule has 0 aliphatic carbocycles. The van der Waals surface area contributed by atoms with E-state index in [0.717, 1.165) is 0 Å². The zero-order valence-corrected chi connectivity index (χ0v) is 9.49. The first-order chi connectivity index (χ1) is 7.12. The van der Waals surface area contributed by atoms with Crippen LogP contribution in [-0.2, 0) is 9.84 Å². The molecule has 0 fully saturated rings. The molecule has 15 heavy (non-hydrogen) atoms. The molecule has 82 valence electrons. The zero-order chi connectivity index (χ0) is 11.6. The van der Waals surface area contributed by atoms with Crippen molar-refractivity contribution < 1.29 is 8.42 Å². The van der Waals surface area contributed by atoms with Crippen molar-refractivity contribution in [2.45, 2.75) is 0 Å². The first kappa shape index (κ1) is 13.7. The molecule has 1 aromatic rings. The fraction of sp³-hybridized carbons (Fsp3) is 0.167. The van der Waals surface area contributed by atoms with E-state index in [1.54, 1.807) is 0 Å². The van der Waals surface area contributed by atoms with Gasteiger partial charge in [0, 0.05) is 0 Å². The summed E-state index contributed by atoms with van der Waals surface area (Å²) in [6, 6.07) is 12.0. The average molecular weight is 224 g/mol. The first-order valence-electron chi connectivity index (χ1n) is 4.54. The molecule has 0 aliphatic heterocycles. The van der Waals surface area contributed by atoms with Crippen LogP contribution in [0.5, 0.6) is 0 Å². The first-order valence-corrected chi connectivity index (χ1v) is 6.37. The van der Waals surface area contributed by atoms with Crippen LogP contribution in [0.15, 0.2) is 61.7 Å². The second-order valence-electron chi connectivity index (χ2n) is 2.81. The summed E-state index contributed by atoms with van der Waals surface area (Å²) in [5.41, 5.74) is 0. The van der Waals surface area contributed by atoms with Gasteiger partial charge in [-0.25, -0.2) is 8.42 Å². The molecule has 0 unspecified atom stereocenters. The Kier molecular flexibility index (Phi) is 7.28. The molecule has 0 amide bonds. The van der Waals surface area contributed by atoms with Crippen LogP contribution in [0.4, 0.5) is 0 Å². The molecule has 0 heterocycles. The van der Waals surface area contributed by atoms with Crippen LogP contribution < -0.4 is 0 Å². The minimum Gasteiger partial charge on any atom is -0.228 e. The molecule has 1 rings (SSSR count). The van der Waals surface area contributed by atoms with Crippen molar-refractivity contribution in [1.82, 2.24) is 0 Å². The molecule has 0 saturated carbocycles. The maximum atomic E-state index is 10.7. The number of sulfone groups is 1. The van der Waals surface area contributed by atoms with Gasteiger partial charge < -0.3 is 0 Å². The summed E-state index contributed by atoms with van der Waals surface area (Å²) in [5.74, 6) is 0.0814. The van der Waals surface area contributed by atoms with Crippen molar-refractivity contribution in [2.75, 3.05) is 11.5 Å². The van der Waals surface area contributed by atoms with Gasteiger partial charge in [0.25, 0.3) is 0 Å². The second kappa shape index (κ2) is 8.00. The Morgan fingerprint density at radius 1 is 0.800 bits per heavy atom. The lowest BCUT2D eigenvalue weighted by atomic mass is 10.4. The smallest absolute Gasteiger partial charge is 0.157 e. The zero-order valence-electron chi connectivity index (χ0n) is 8.67. The summed E-state index contributed by atoms with van der Waals surface area (Å²) < 4.78 is 21.4. The highest BCUT2D eigenvalue weighted by atomic mass is 32.2. The largest absolute Gasteiger partial charge is 0.228 e. The van der Waals surface area contributed by atoms with Crippen LogP contribution in [0.25, 0.3) is 0 Å². The molecule has 0 radical (unpaired) electrons. The molecular weight excluding hydrogens is 208 g/mol. The fourth-order valence-electron chi connectivity index (χ4n) is 0.812. The highest BCUT2D eigenvalue weighted by Crippen LogP contribution is 1.89. The lowest BCUT2D eigenvalue weighted by Gasteiger charge is -1.92. The molecule has 0 atom stereocenters. The quantitative estimate of drug-likeness (QED) is 0.736. The summed E-state index contributed by atoms with van der Waals surface area (Å²) in [6.45, 7) is 6.63. The van der Waals surface area contributed by atoms with Crippen molar-refractivity contribution in [3.05, 3.63) is 61.7 Å². The van der Waals surface area contributed by atoms with Gasteiger partial charge in [0.15, 0.2) is 9.84 Å². The van der Waals surface area contributed by atoms with E-state index in [1.165, 1.54) is 12.2 Å². The SMILES string of the molecule is C=CCS(=O)(=O)CC=C.c1ccccc1. The topological polar surface area (TPSA) is 34.1 Å². The van der Waals surface area contributed by atoms with Gasteiger partial charge in [0.2, 0.25) is 0 Å².